The quantitative estimate of drug-likeness (QED) is 0.400. The Labute approximate surface area is 209 Å². The lowest BCUT2D eigenvalue weighted by Crippen LogP contribution is -2.56. The highest BCUT2D eigenvalue weighted by Crippen LogP contribution is 2.35. The molecule has 0 amide bonds. The summed E-state index contributed by atoms with van der Waals surface area (Å²) >= 11 is 0. The van der Waals surface area contributed by atoms with Crippen molar-refractivity contribution in [2.75, 3.05) is 27.3 Å². The zero-order valence-corrected chi connectivity index (χ0v) is 21.4. The molecule has 1 aliphatic heterocycles. The van der Waals surface area contributed by atoms with Gasteiger partial charge in [-0.25, -0.2) is 0 Å². The van der Waals surface area contributed by atoms with Gasteiger partial charge in [-0.3, -0.25) is 14.6 Å². The number of rotatable bonds is 8. The summed E-state index contributed by atoms with van der Waals surface area (Å²) in [5, 5.41) is 0. The van der Waals surface area contributed by atoms with E-state index in [1.54, 1.807) is 21.1 Å². The summed E-state index contributed by atoms with van der Waals surface area (Å²) < 4.78 is 11.0. The molecule has 3 aromatic rings. The molecule has 0 saturated carbocycles. The minimum atomic E-state index is 0.0285. The lowest BCUT2D eigenvalue weighted by atomic mass is 9.92. The fourth-order valence-electron chi connectivity index (χ4n) is 5.13. The SMILES string of the molecule is COc1cccc(CN2C[C@H](C)N([C@@H](c3cccc(OC)c3)c3cccc(C(C)=O)c3)C[C@H]2C)c1. The molecule has 0 aliphatic carbocycles. The summed E-state index contributed by atoms with van der Waals surface area (Å²) in [4.78, 5) is 17.3. The van der Waals surface area contributed by atoms with Crippen LogP contribution in [0.5, 0.6) is 11.5 Å². The van der Waals surface area contributed by atoms with Gasteiger partial charge in [0.15, 0.2) is 5.78 Å². The zero-order chi connectivity index (χ0) is 24.9. The Bertz CT molecular complexity index is 1160. The van der Waals surface area contributed by atoms with Crippen LogP contribution in [0.1, 0.15) is 53.9 Å². The smallest absolute Gasteiger partial charge is 0.159 e. The molecule has 5 heteroatoms. The predicted molar refractivity (Wildman–Crippen MR) is 140 cm³/mol. The third-order valence-corrected chi connectivity index (χ3v) is 7.03. The summed E-state index contributed by atoms with van der Waals surface area (Å²) in [6.45, 7) is 8.98. The van der Waals surface area contributed by atoms with Crippen molar-refractivity contribution in [3.8, 4) is 11.5 Å². The monoisotopic (exact) mass is 472 g/mol. The normalized spacial score (nSPS) is 19.8. The molecular formula is C30H36N2O3. The van der Waals surface area contributed by atoms with Crippen molar-refractivity contribution in [3.63, 3.8) is 0 Å². The fourth-order valence-corrected chi connectivity index (χ4v) is 5.13. The molecular weight excluding hydrogens is 436 g/mol. The van der Waals surface area contributed by atoms with Crippen LogP contribution in [0.25, 0.3) is 0 Å². The molecule has 0 unspecified atom stereocenters. The largest absolute Gasteiger partial charge is 0.497 e. The summed E-state index contributed by atoms with van der Waals surface area (Å²) in [7, 11) is 3.41. The van der Waals surface area contributed by atoms with Crippen molar-refractivity contribution in [1.29, 1.82) is 0 Å². The standard InChI is InChI=1S/C30H36N2O3/c1-21-19-32(22(2)18-31(21)20-24-9-6-13-28(15-24)34-4)30(27-12-8-14-29(17-27)35-5)26-11-7-10-25(16-26)23(3)33/h6-17,21-22,30H,18-20H2,1-5H3/t21-,22+,30-/m1/s1. The van der Waals surface area contributed by atoms with Crippen LogP contribution in [-0.2, 0) is 6.54 Å². The molecule has 3 aromatic carbocycles. The number of ketones is 1. The number of hydrogen-bond donors (Lipinski definition) is 0. The molecule has 3 atom stereocenters. The second-order valence-electron chi connectivity index (χ2n) is 9.54. The lowest BCUT2D eigenvalue weighted by molar-refractivity contribution is 0.0194. The van der Waals surface area contributed by atoms with Gasteiger partial charge in [0.2, 0.25) is 0 Å². The van der Waals surface area contributed by atoms with Crippen molar-refractivity contribution >= 4 is 5.78 Å². The number of nitrogens with zero attached hydrogens (tertiary/aromatic N) is 2. The molecule has 184 valence electrons. The van der Waals surface area contributed by atoms with Crippen LogP contribution < -0.4 is 9.47 Å². The Morgan fingerprint density at radius 1 is 0.857 bits per heavy atom. The number of carbonyl (C=O) groups excluding carboxylic acids is 1. The Kier molecular flexibility index (Phi) is 7.89. The van der Waals surface area contributed by atoms with Gasteiger partial charge in [-0.15, -0.1) is 0 Å². The fraction of sp³-hybridized carbons (Fsp3) is 0.367. The van der Waals surface area contributed by atoms with E-state index in [1.165, 1.54) is 11.1 Å². The highest BCUT2D eigenvalue weighted by atomic mass is 16.5. The Balaban J connectivity index is 1.65. The molecule has 0 bridgehead atoms. The van der Waals surface area contributed by atoms with E-state index in [-0.39, 0.29) is 11.8 Å². The molecule has 1 heterocycles. The van der Waals surface area contributed by atoms with E-state index in [0.717, 1.165) is 42.3 Å². The van der Waals surface area contributed by atoms with Crippen molar-refractivity contribution in [2.45, 2.75) is 45.4 Å². The van der Waals surface area contributed by atoms with Gasteiger partial charge in [0, 0.05) is 37.3 Å². The van der Waals surface area contributed by atoms with Crippen LogP contribution in [0.4, 0.5) is 0 Å². The molecule has 1 aliphatic rings. The topological polar surface area (TPSA) is 42.0 Å². The second kappa shape index (κ2) is 11.1. The van der Waals surface area contributed by atoms with E-state index in [0.29, 0.717) is 12.1 Å². The van der Waals surface area contributed by atoms with Crippen LogP contribution in [0.2, 0.25) is 0 Å². The van der Waals surface area contributed by atoms with E-state index in [9.17, 15) is 4.79 Å². The molecule has 1 fully saturated rings. The third-order valence-electron chi connectivity index (χ3n) is 7.03. The molecule has 0 aromatic heterocycles. The highest BCUT2D eigenvalue weighted by Gasteiger charge is 2.35. The Hall–Kier alpha value is -3.15. The number of hydrogen-bond acceptors (Lipinski definition) is 5. The van der Waals surface area contributed by atoms with Crippen LogP contribution in [0.15, 0.2) is 72.8 Å². The van der Waals surface area contributed by atoms with Gasteiger partial charge in [-0.2, -0.15) is 0 Å². The number of carbonyl (C=O) groups is 1. The van der Waals surface area contributed by atoms with Crippen molar-refractivity contribution in [2.24, 2.45) is 0 Å². The first kappa shape index (κ1) is 25.0. The van der Waals surface area contributed by atoms with E-state index in [1.807, 2.05) is 36.4 Å². The van der Waals surface area contributed by atoms with Gasteiger partial charge >= 0.3 is 0 Å². The van der Waals surface area contributed by atoms with Crippen molar-refractivity contribution in [3.05, 3.63) is 95.1 Å². The highest BCUT2D eigenvalue weighted by molar-refractivity contribution is 5.94. The minimum absolute atomic E-state index is 0.0285. The average molecular weight is 473 g/mol. The van der Waals surface area contributed by atoms with Crippen molar-refractivity contribution < 1.29 is 14.3 Å². The maximum absolute atomic E-state index is 12.2. The molecule has 35 heavy (non-hydrogen) atoms. The first-order valence-corrected chi connectivity index (χ1v) is 12.3. The van der Waals surface area contributed by atoms with Crippen LogP contribution in [-0.4, -0.2) is 55.0 Å². The molecule has 0 spiro atoms. The van der Waals surface area contributed by atoms with Gasteiger partial charge < -0.3 is 9.47 Å². The first-order valence-electron chi connectivity index (χ1n) is 12.3. The summed E-state index contributed by atoms with van der Waals surface area (Å²) in [5.41, 5.74) is 4.31. The molecule has 0 radical (unpaired) electrons. The molecule has 4 rings (SSSR count). The third kappa shape index (κ3) is 5.75. The van der Waals surface area contributed by atoms with Gasteiger partial charge in [0.25, 0.3) is 0 Å². The lowest BCUT2D eigenvalue weighted by Gasteiger charge is -2.47. The number of ether oxygens (including phenoxy) is 2. The maximum Gasteiger partial charge on any atom is 0.159 e. The first-order chi connectivity index (χ1) is 16.9. The van der Waals surface area contributed by atoms with E-state index < -0.39 is 0 Å². The summed E-state index contributed by atoms with van der Waals surface area (Å²) in [5.74, 6) is 1.82. The molecule has 1 saturated heterocycles. The molecule has 0 N–H and O–H groups in total. The number of benzene rings is 3. The van der Waals surface area contributed by atoms with Gasteiger partial charge in [0.05, 0.1) is 20.3 Å². The predicted octanol–water partition coefficient (Wildman–Crippen LogP) is 5.59. The average Bonchev–Trinajstić information content (AvgIpc) is 2.87. The molecule has 5 nitrogen and oxygen atoms in total. The van der Waals surface area contributed by atoms with Gasteiger partial charge in [0.1, 0.15) is 11.5 Å². The van der Waals surface area contributed by atoms with Crippen LogP contribution >= 0.6 is 0 Å². The zero-order valence-electron chi connectivity index (χ0n) is 21.4. The minimum Gasteiger partial charge on any atom is -0.497 e. The van der Waals surface area contributed by atoms with E-state index >= 15 is 0 Å². The van der Waals surface area contributed by atoms with Gasteiger partial charge in [-0.1, -0.05) is 42.5 Å². The van der Waals surface area contributed by atoms with Gasteiger partial charge in [-0.05, 0) is 67.8 Å². The van der Waals surface area contributed by atoms with Crippen LogP contribution in [0, 0.1) is 0 Å². The Morgan fingerprint density at radius 2 is 1.49 bits per heavy atom. The Morgan fingerprint density at radius 3 is 2.17 bits per heavy atom. The number of piperazine rings is 1. The second-order valence-corrected chi connectivity index (χ2v) is 9.54. The van der Waals surface area contributed by atoms with E-state index in [4.69, 9.17) is 9.47 Å². The number of methoxy groups -OCH3 is 2. The number of Topliss-reactive ketones (excluding diaryl/α,β-unsaturated/α-hetero) is 1. The maximum atomic E-state index is 12.2. The van der Waals surface area contributed by atoms with E-state index in [2.05, 4.69) is 60.0 Å². The summed E-state index contributed by atoms with van der Waals surface area (Å²) in [6, 6.07) is 25.4. The van der Waals surface area contributed by atoms with Crippen molar-refractivity contribution in [1.82, 2.24) is 9.80 Å². The van der Waals surface area contributed by atoms with Crippen LogP contribution in [0.3, 0.4) is 0 Å². The summed E-state index contributed by atoms with van der Waals surface area (Å²) in [6.07, 6.45) is 0.